The zero-order chi connectivity index (χ0) is 12.9. The standard InChI is InChI=1S/C14H16N2O2/c1-8(2)13-15-11-6-3-9(14(17)18)7-12(11)16(13)10-4-5-10/h3,6-8,10H,4-5H2,1-2H3,(H,17,18). The maximum atomic E-state index is 11.1. The molecule has 0 atom stereocenters. The Bertz CT molecular complexity index is 624. The highest BCUT2D eigenvalue weighted by Gasteiger charge is 2.29. The normalized spacial score (nSPS) is 15.5. The van der Waals surface area contributed by atoms with Gasteiger partial charge in [0.25, 0.3) is 0 Å². The second-order valence-electron chi connectivity index (χ2n) is 5.23. The first-order chi connectivity index (χ1) is 8.58. The first kappa shape index (κ1) is 11.3. The summed E-state index contributed by atoms with van der Waals surface area (Å²) in [5.74, 6) is 0.535. The molecule has 3 rings (SSSR count). The van der Waals surface area contributed by atoms with Crippen LogP contribution in [0.3, 0.4) is 0 Å². The summed E-state index contributed by atoms with van der Waals surface area (Å²) < 4.78 is 2.23. The van der Waals surface area contributed by atoms with E-state index in [1.165, 1.54) is 12.8 Å². The monoisotopic (exact) mass is 244 g/mol. The van der Waals surface area contributed by atoms with Crippen molar-refractivity contribution >= 4 is 17.0 Å². The minimum absolute atomic E-state index is 0.333. The van der Waals surface area contributed by atoms with Gasteiger partial charge in [-0.25, -0.2) is 9.78 Å². The average Bonchev–Trinajstić information content (AvgIpc) is 3.08. The Morgan fingerprint density at radius 1 is 1.44 bits per heavy atom. The zero-order valence-corrected chi connectivity index (χ0v) is 10.6. The van der Waals surface area contributed by atoms with Gasteiger partial charge in [-0.3, -0.25) is 0 Å². The Labute approximate surface area is 105 Å². The lowest BCUT2D eigenvalue weighted by molar-refractivity contribution is 0.0697. The molecule has 1 aliphatic rings. The Morgan fingerprint density at radius 3 is 2.72 bits per heavy atom. The number of nitrogens with zero attached hydrogens (tertiary/aromatic N) is 2. The Morgan fingerprint density at radius 2 is 2.17 bits per heavy atom. The van der Waals surface area contributed by atoms with E-state index in [-0.39, 0.29) is 0 Å². The predicted octanol–water partition coefficient (Wildman–Crippen LogP) is 3.19. The fourth-order valence-electron chi connectivity index (χ4n) is 2.37. The molecule has 0 spiro atoms. The summed E-state index contributed by atoms with van der Waals surface area (Å²) in [6, 6.07) is 5.69. The van der Waals surface area contributed by atoms with Crippen LogP contribution >= 0.6 is 0 Å². The molecule has 0 bridgehead atoms. The summed E-state index contributed by atoms with van der Waals surface area (Å²) in [5, 5.41) is 9.08. The van der Waals surface area contributed by atoms with Gasteiger partial charge in [0, 0.05) is 12.0 Å². The lowest BCUT2D eigenvalue weighted by Gasteiger charge is -2.10. The van der Waals surface area contributed by atoms with E-state index in [1.807, 2.05) is 6.07 Å². The molecule has 1 aliphatic carbocycles. The molecule has 1 saturated carbocycles. The number of rotatable bonds is 3. The molecule has 1 aromatic heterocycles. The Balaban J connectivity index is 2.26. The number of carboxylic acids is 1. The minimum Gasteiger partial charge on any atom is -0.478 e. The van der Waals surface area contributed by atoms with E-state index in [1.54, 1.807) is 12.1 Å². The lowest BCUT2D eigenvalue weighted by Crippen LogP contribution is -2.03. The van der Waals surface area contributed by atoms with Crippen molar-refractivity contribution in [2.45, 2.75) is 38.6 Å². The van der Waals surface area contributed by atoms with Gasteiger partial charge in [0.05, 0.1) is 16.6 Å². The summed E-state index contributed by atoms with van der Waals surface area (Å²) in [4.78, 5) is 15.7. The molecular formula is C14H16N2O2. The van der Waals surface area contributed by atoms with E-state index in [0.717, 1.165) is 16.9 Å². The summed E-state index contributed by atoms with van der Waals surface area (Å²) >= 11 is 0. The first-order valence-electron chi connectivity index (χ1n) is 6.33. The summed E-state index contributed by atoms with van der Waals surface area (Å²) in [5.41, 5.74) is 2.19. The highest BCUT2D eigenvalue weighted by atomic mass is 16.4. The van der Waals surface area contributed by atoms with Crippen LogP contribution in [-0.4, -0.2) is 20.6 Å². The topological polar surface area (TPSA) is 55.1 Å². The number of imidazole rings is 1. The first-order valence-corrected chi connectivity index (χ1v) is 6.33. The van der Waals surface area contributed by atoms with Crippen LogP contribution in [0.15, 0.2) is 18.2 Å². The van der Waals surface area contributed by atoms with Crippen molar-refractivity contribution < 1.29 is 9.90 Å². The number of benzene rings is 1. The van der Waals surface area contributed by atoms with Gasteiger partial charge in [-0.1, -0.05) is 13.8 Å². The molecular weight excluding hydrogens is 228 g/mol. The lowest BCUT2D eigenvalue weighted by atomic mass is 10.2. The maximum absolute atomic E-state index is 11.1. The van der Waals surface area contributed by atoms with Crippen molar-refractivity contribution in [2.75, 3.05) is 0 Å². The van der Waals surface area contributed by atoms with Crippen molar-refractivity contribution in [1.82, 2.24) is 9.55 Å². The number of fused-ring (bicyclic) bond motifs is 1. The highest BCUT2D eigenvalue weighted by Crippen LogP contribution is 2.40. The highest BCUT2D eigenvalue weighted by molar-refractivity contribution is 5.92. The number of carbonyl (C=O) groups is 1. The van der Waals surface area contributed by atoms with Gasteiger partial charge in [-0.2, -0.15) is 0 Å². The van der Waals surface area contributed by atoms with Gasteiger partial charge in [-0.05, 0) is 31.0 Å². The van der Waals surface area contributed by atoms with Crippen LogP contribution in [0.5, 0.6) is 0 Å². The third-order valence-corrected chi connectivity index (χ3v) is 3.39. The predicted molar refractivity (Wildman–Crippen MR) is 69.1 cm³/mol. The average molecular weight is 244 g/mol. The second-order valence-corrected chi connectivity index (χ2v) is 5.23. The van der Waals surface area contributed by atoms with Crippen LogP contribution in [-0.2, 0) is 0 Å². The number of aromatic carboxylic acids is 1. The summed E-state index contributed by atoms with van der Waals surface area (Å²) in [6.07, 6.45) is 2.34. The molecule has 0 radical (unpaired) electrons. The summed E-state index contributed by atoms with van der Waals surface area (Å²) in [6.45, 7) is 4.25. The molecule has 0 unspecified atom stereocenters. The largest absolute Gasteiger partial charge is 0.478 e. The number of hydrogen-bond acceptors (Lipinski definition) is 2. The van der Waals surface area contributed by atoms with Crippen LogP contribution in [0.1, 0.15) is 54.8 Å². The van der Waals surface area contributed by atoms with Crippen LogP contribution < -0.4 is 0 Å². The summed E-state index contributed by atoms with van der Waals surface area (Å²) in [7, 11) is 0. The SMILES string of the molecule is CC(C)c1nc2ccc(C(=O)O)cc2n1C1CC1. The fraction of sp³-hybridized carbons (Fsp3) is 0.429. The molecule has 4 nitrogen and oxygen atoms in total. The van der Waals surface area contributed by atoms with Gasteiger partial charge < -0.3 is 9.67 Å². The van der Waals surface area contributed by atoms with E-state index in [0.29, 0.717) is 17.5 Å². The second kappa shape index (κ2) is 3.83. The molecule has 4 heteroatoms. The van der Waals surface area contributed by atoms with Crippen LogP contribution in [0.2, 0.25) is 0 Å². The molecule has 0 aliphatic heterocycles. The van der Waals surface area contributed by atoms with E-state index >= 15 is 0 Å². The Hall–Kier alpha value is -1.84. The van der Waals surface area contributed by atoms with Gasteiger partial charge in [0.2, 0.25) is 0 Å². The van der Waals surface area contributed by atoms with Gasteiger partial charge in [0.15, 0.2) is 0 Å². The fourth-order valence-corrected chi connectivity index (χ4v) is 2.37. The molecule has 1 aromatic carbocycles. The molecule has 1 heterocycles. The quantitative estimate of drug-likeness (QED) is 0.902. The molecule has 1 N–H and O–H groups in total. The van der Waals surface area contributed by atoms with E-state index < -0.39 is 5.97 Å². The third-order valence-electron chi connectivity index (χ3n) is 3.39. The van der Waals surface area contributed by atoms with Crippen molar-refractivity contribution in [3.63, 3.8) is 0 Å². The zero-order valence-electron chi connectivity index (χ0n) is 10.6. The smallest absolute Gasteiger partial charge is 0.335 e. The van der Waals surface area contributed by atoms with Gasteiger partial charge in [0.1, 0.15) is 5.82 Å². The van der Waals surface area contributed by atoms with Crippen molar-refractivity contribution in [1.29, 1.82) is 0 Å². The van der Waals surface area contributed by atoms with Gasteiger partial charge in [-0.15, -0.1) is 0 Å². The number of aromatic nitrogens is 2. The maximum Gasteiger partial charge on any atom is 0.335 e. The van der Waals surface area contributed by atoms with Crippen molar-refractivity contribution in [2.24, 2.45) is 0 Å². The van der Waals surface area contributed by atoms with Crippen molar-refractivity contribution in [3.8, 4) is 0 Å². The van der Waals surface area contributed by atoms with Crippen LogP contribution in [0.25, 0.3) is 11.0 Å². The molecule has 18 heavy (non-hydrogen) atoms. The number of carboxylic acid groups (broad SMARTS) is 1. The number of hydrogen-bond donors (Lipinski definition) is 1. The molecule has 1 fully saturated rings. The molecule has 94 valence electrons. The van der Waals surface area contributed by atoms with E-state index in [9.17, 15) is 4.79 Å². The van der Waals surface area contributed by atoms with Crippen LogP contribution in [0, 0.1) is 0 Å². The van der Waals surface area contributed by atoms with Gasteiger partial charge >= 0.3 is 5.97 Å². The molecule has 2 aromatic rings. The Kier molecular flexibility index (Phi) is 2.40. The van der Waals surface area contributed by atoms with E-state index in [2.05, 4.69) is 23.4 Å². The minimum atomic E-state index is -0.883. The van der Waals surface area contributed by atoms with Crippen LogP contribution in [0.4, 0.5) is 0 Å². The third kappa shape index (κ3) is 1.68. The van der Waals surface area contributed by atoms with E-state index in [4.69, 9.17) is 5.11 Å². The van der Waals surface area contributed by atoms with Crippen molar-refractivity contribution in [3.05, 3.63) is 29.6 Å². The molecule has 0 saturated heterocycles. The molecule has 0 amide bonds.